The molecule has 1 aliphatic rings. The van der Waals surface area contributed by atoms with Crippen molar-refractivity contribution in [2.45, 2.75) is 59.5 Å². The van der Waals surface area contributed by atoms with E-state index in [1.165, 1.54) is 29.7 Å². The van der Waals surface area contributed by atoms with Gasteiger partial charge in [-0.15, -0.1) is 0 Å². The number of benzene rings is 1. The van der Waals surface area contributed by atoms with E-state index >= 15 is 0 Å². The number of aromatic nitrogens is 1. The van der Waals surface area contributed by atoms with Gasteiger partial charge >= 0.3 is 0 Å². The Hall–Kier alpha value is -1.81. The molecule has 0 radical (unpaired) electrons. The highest BCUT2D eigenvalue weighted by molar-refractivity contribution is 5.47. The zero-order chi connectivity index (χ0) is 17.8. The van der Waals surface area contributed by atoms with Gasteiger partial charge in [0, 0.05) is 43.3 Å². The van der Waals surface area contributed by atoms with Crippen molar-refractivity contribution in [2.75, 3.05) is 24.5 Å². The molecular weight excluding hydrogens is 310 g/mol. The molecule has 2 aromatic rings. The molecule has 0 aliphatic carbocycles. The molecule has 0 bridgehead atoms. The largest absolute Gasteiger partial charge is 0.372 e. The fraction of sp³-hybridized carbons (Fsp3) is 0.571. The zero-order valence-electron chi connectivity index (χ0n) is 16.1. The first-order valence-electron chi connectivity index (χ1n) is 9.70. The SMILES string of the molecule is CCc1onc(C)c1[C@@H]1CCCN1Cc1ccc(N(CC)CC)cc1. The maximum Gasteiger partial charge on any atom is 0.141 e. The van der Waals surface area contributed by atoms with Crippen LogP contribution in [0.15, 0.2) is 28.8 Å². The minimum Gasteiger partial charge on any atom is -0.372 e. The molecule has 4 heteroatoms. The lowest BCUT2D eigenvalue weighted by Gasteiger charge is -2.25. The third-order valence-corrected chi connectivity index (χ3v) is 5.45. The van der Waals surface area contributed by atoms with Crippen molar-refractivity contribution in [3.63, 3.8) is 0 Å². The molecule has 2 heterocycles. The van der Waals surface area contributed by atoms with Crippen molar-refractivity contribution in [2.24, 2.45) is 0 Å². The number of aryl methyl sites for hydroxylation is 2. The van der Waals surface area contributed by atoms with Gasteiger partial charge in [-0.25, -0.2) is 0 Å². The van der Waals surface area contributed by atoms with E-state index in [0.29, 0.717) is 6.04 Å². The summed E-state index contributed by atoms with van der Waals surface area (Å²) in [4.78, 5) is 4.97. The second-order valence-electron chi connectivity index (χ2n) is 6.93. The predicted molar refractivity (Wildman–Crippen MR) is 103 cm³/mol. The second-order valence-corrected chi connectivity index (χ2v) is 6.93. The molecule has 1 aromatic heterocycles. The van der Waals surface area contributed by atoms with Gasteiger partial charge in [0.1, 0.15) is 5.76 Å². The number of likely N-dealkylation sites (tertiary alicyclic amines) is 1. The topological polar surface area (TPSA) is 32.5 Å². The Balaban J connectivity index is 1.74. The quantitative estimate of drug-likeness (QED) is 0.729. The zero-order valence-corrected chi connectivity index (χ0v) is 16.1. The maximum atomic E-state index is 5.54. The van der Waals surface area contributed by atoms with Crippen molar-refractivity contribution in [3.05, 3.63) is 46.8 Å². The number of rotatable bonds is 7. The smallest absolute Gasteiger partial charge is 0.141 e. The third kappa shape index (κ3) is 3.74. The van der Waals surface area contributed by atoms with Crippen LogP contribution in [0, 0.1) is 6.92 Å². The number of hydrogen-bond acceptors (Lipinski definition) is 4. The number of nitrogens with zero attached hydrogens (tertiary/aromatic N) is 3. The molecule has 25 heavy (non-hydrogen) atoms. The molecular formula is C21H31N3O. The Bertz CT molecular complexity index is 673. The predicted octanol–water partition coefficient (Wildman–Crippen LogP) is 4.73. The van der Waals surface area contributed by atoms with E-state index in [4.69, 9.17) is 4.52 Å². The van der Waals surface area contributed by atoms with Gasteiger partial charge in [-0.2, -0.15) is 0 Å². The van der Waals surface area contributed by atoms with Gasteiger partial charge in [0.2, 0.25) is 0 Å². The molecule has 0 spiro atoms. The van der Waals surface area contributed by atoms with Crippen molar-refractivity contribution in [1.82, 2.24) is 10.1 Å². The number of hydrogen-bond donors (Lipinski definition) is 0. The van der Waals surface area contributed by atoms with Gasteiger partial charge in [-0.1, -0.05) is 24.2 Å². The van der Waals surface area contributed by atoms with Crippen molar-refractivity contribution < 1.29 is 4.52 Å². The summed E-state index contributed by atoms with van der Waals surface area (Å²) in [6, 6.07) is 9.53. The lowest BCUT2D eigenvalue weighted by Crippen LogP contribution is -2.24. The molecule has 0 N–H and O–H groups in total. The highest BCUT2D eigenvalue weighted by Crippen LogP contribution is 2.37. The number of anilines is 1. The Kier molecular flexibility index (Phi) is 5.79. The summed E-state index contributed by atoms with van der Waals surface area (Å²) in [6.07, 6.45) is 3.36. The van der Waals surface area contributed by atoms with E-state index in [9.17, 15) is 0 Å². The van der Waals surface area contributed by atoms with Crippen molar-refractivity contribution in [3.8, 4) is 0 Å². The minimum absolute atomic E-state index is 0.448. The monoisotopic (exact) mass is 341 g/mol. The molecule has 0 unspecified atom stereocenters. The first-order valence-corrected chi connectivity index (χ1v) is 9.70. The van der Waals surface area contributed by atoms with E-state index in [-0.39, 0.29) is 0 Å². The Morgan fingerprint density at radius 1 is 1.16 bits per heavy atom. The fourth-order valence-corrected chi connectivity index (χ4v) is 4.08. The summed E-state index contributed by atoms with van der Waals surface area (Å²) in [6.45, 7) is 12.9. The first kappa shape index (κ1) is 18.0. The van der Waals surface area contributed by atoms with Crippen LogP contribution < -0.4 is 4.90 Å². The first-order chi connectivity index (χ1) is 12.2. The highest BCUT2D eigenvalue weighted by atomic mass is 16.5. The molecule has 0 amide bonds. The summed E-state index contributed by atoms with van der Waals surface area (Å²) in [5, 5.41) is 4.22. The summed E-state index contributed by atoms with van der Waals surface area (Å²) in [7, 11) is 0. The van der Waals surface area contributed by atoms with Gasteiger partial charge in [0.15, 0.2) is 0 Å². The minimum atomic E-state index is 0.448. The molecule has 3 rings (SSSR count). The van der Waals surface area contributed by atoms with Crippen molar-refractivity contribution >= 4 is 5.69 Å². The summed E-state index contributed by atoms with van der Waals surface area (Å²) in [5.74, 6) is 1.06. The van der Waals surface area contributed by atoms with Crippen LogP contribution in [-0.4, -0.2) is 29.7 Å². The lowest BCUT2D eigenvalue weighted by atomic mass is 10.0. The van der Waals surface area contributed by atoms with E-state index < -0.39 is 0 Å². The Morgan fingerprint density at radius 3 is 2.52 bits per heavy atom. The molecule has 136 valence electrons. The van der Waals surface area contributed by atoms with E-state index in [1.54, 1.807) is 0 Å². The van der Waals surface area contributed by atoms with Crippen LogP contribution >= 0.6 is 0 Å². The normalized spacial score (nSPS) is 18.0. The van der Waals surface area contributed by atoms with Crippen LogP contribution in [0.2, 0.25) is 0 Å². The third-order valence-electron chi connectivity index (χ3n) is 5.45. The maximum absolute atomic E-state index is 5.54. The lowest BCUT2D eigenvalue weighted by molar-refractivity contribution is 0.245. The van der Waals surface area contributed by atoms with Gasteiger partial charge < -0.3 is 9.42 Å². The van der Waals surface area contributed by atoms with Crippen LogP contribution in [-0.2, 0) is 13.0 Å². The molecule has 4 nitrogen and oxygen atoms in total. The molecule has 1 atom stereocenters. The molecule has 1 saturated heterocycles. The van der Waals surface area contributed by atoms with Gasteiger partial charge in [0.25, 0.3) is 0 Å². The van der Waals surface area contributed by atoms with E-state index in [0.717, 1.165) is 44.1 Å². The standard InChI is InChI=1S/C21H31N3O/c1-5-20-21(16(4)22-25-20)19-9-8-14-24(19)15-17-10-12-18(13-11-17)23(6-2)7-3/h10-13,19H,5-9,14-15H2,1-4H3/t19-/m0/s1. The van der Waals surface area contributed by atoms with Crippen LogP contribution in [0.3, 0.4) is 0 Å². The van der Waals surface area contributed by atoms with Gasteiger partial charge in [-0.05, 0) is 57.9 Å². The van der Waals surface area contributed by atoms with Crippen molar-refractivity contribution in [1.29, 1.82) is 0 Å². The fourth-order valence-electron chi connectivity index (χ4n) is 4.08. The summed E-state index contributed by atoms with van der Waals surface area (Å²) >= 11 is 0. The van der Waals surface area contributed by atoms with Crippen LogP contribution in [0.4, 0.5) is 5.69 Å². The Morgan fingerprint density at radius 2 is 1.88 bits per heavy atom. The van der Waals surface area contributed by atoms with E-state index in [2.05, 4.69) is 66.9 Å². The van der Waals surface area contributed by atoms with Gasteiger partial charge in [-0.3, -0.25) is 4.90 Å². The molecule has 1 fully saturated rings. The van der Waals surface area contributed by atoms with E-state index in [1.807, 2.05) is 0 Å². The summed E-state index contributed by atoms with van der Waals surface area (Å²) in [5.41, 5.74) is 5.09. The van der Waals surface area contributed by atoms with Crippen LogP contribution in [0.1, 0.15) is 62.2 Å². The second kappa shape index (κ2) is 8.05. The Labute approximate surface area is 151 Å². The molecule has 1 aliphatic heterocycles. The van der Waals surface area contributed by atoms with Gasteiger partial charge in [0.05, 0.1) is 5.69 Å². The van der Waals surface area contributed by atoms with Crippen LogP contribution in [0.5, 0.6) is 0 Å². The van der Waals surface area contributed by atoms with Crippen LogP contribution in [0.25, 0.3) is 0 Å². The average molecular weight is 341 g/mol. The molecule has 0 saturated carbocycles. The highest BCUT2D eigenvalue weighted by Gasteiger charge is 2.31. The average Bonchev–Trinajstić information content (AvgIpc) is 3.23. The molecule has 1 aromatic carbocycles. The summed E-state index contributed by atoms with van der Waals surface area (Å²) < 4.78 is 5.54.